The van der Waals surface area contributed by atoms with Crippen LogP contribution < -0.4 is 15.4 Å². The number of amides is 1. The van der Waals surface area contributed by atoms with Crippen molar-refractivity contribution in [1.82, 2.24) is 10.6 Å². The molecule has 122 valence electrons. The quantitative estimate of drug-likeness (QED) is 0.832. The molecule has 0 bridgehead atoms. The van der Waals surface area contributed by atoms with Crippen molar-refractivity contribution in [2.24, 2.45) is 5.92 Å². The van der Waals surface area contributed by atoms with E-state index in [9.17, 15) is 4.79 Å². The number of morpholine rings is 1. The predicted molar refractivity (Wildman–Crippen MR) is 86.4 cm³/mol. The van der Waals surface area contributed by atoms with Crippen molar-refractivity contribution in [3.05, 3.63) is 29.8 Å². The highest BCUT2D eigenvalue weighted by atomic mass is 35.5. The fourth-order valence-electron chi connectivity index (χ4n) is 2.32. The number of ether oxygens (including phenoxy) is 2. The summed E-state index contributed by atoms with van der Waals surface area (Å²) in [5.74, 6) is 1.57. The highest BCUT2D eigenvalue weighted by Crippen LogP contribution is 2.30. The molecule has 1 saturated heterocycles. The number of para-hydroxylation sites is 1. The van der Waals surface area contributed by atoms with Crippen molar-refractivity contribution in [2.45, 2.75) is 25.4 Å². The lowest BCUT2D eigenvalue weighted by molar-refractivity contribution is -0.126. The minimum atomic E-state index is -0.252. The maximum absolute atomic E-state index is 12.1. The van der Waals surface area contributed by atoms with E-state index in [1.54, 1.807) is 0 Å². The monoisotopic (exact) mass is 326 g/mol. The zero-order valence-electron chi connectivity index (χ0n) is 12.5. The molecule has 6 heteroatoms. The Balaban J connectivity index is 0.00000176. The number of benzene rings is 1. The molecule has 2 fully saturated rings. The van der Waals surface area contributed by atoms with Crippen LogP contribution in [0.5, 0.6) is 5.75 Å². The number of hydrogen-bond acceptors (Lipinski definition) is 4. The van der Waals surface area contributed by atoms with Gasteiger partial charge in [0, 0.05) is 18.7 Å². The first-order chi connectivity index (χ1) is 10.3. The van der Waals surface area contributed by atoms with Gasteiger partial charge in [-0.3, -0.25) is 4.79 Å². The average molecular weight is 327 g/mol. The first-order valence-corrected chi connectivity index (χ1v) is 7.62. The molecule has 0 spiro atoms. The predicted octanol–water partition coefficient (Wildman–Crippen LogP) is 1.50. The zero-order chi connectivity index (χ0) is 14.5. The van der Waals surface area contributed by atoms with Crippen molar-refractivity contribution < 1.29 is 14.3 Å². The van der Waals surface area contributed by atoms with Crippen LogP contribution in [0, 0.1) is 5.92 Å². The molecule has 1 aliphatic heterocycles. The van der Waals surface area contributed by atoms with Crippen molar-refractivity contribution in [1.29, 1.82) is 0 Å². The number of nitrogens with one attached hydrogen (secondary N) is 2. The van der Waals surface area contributed by atoms with E-state index in [2.05, 4.69) is 10.6 Å². The van der Waals surface area contributed by atoms with E-state index in [1.165, 1.54) is 12.8 Å². The standard InChI is InChI=1S/C16H22N2O3.ClH/c19-16(14-11-20-8-7-17-14)18-9-13-3-1-2-4-15(13)21-10-12-5-6-12;/h1-4,12,14,17H,5-11H2,(H,18,19);1H. The van der Waals surface area contributed by atoms with Gasteiger partial charge in [0.2, 0.25) is 5.91 Å². The van der Waals surface area contributed by atoms with Gasteiger partial charge < -0.3 is 20.1 Å². The van der Waals surface area contributed by atoms with Gasteiger partial charge in [0.25, 0.3) is 0 Å². The molecule has 1 saturated carbocycles. The molecule has 3 rings (SSSR count). The molecule has 1 aromatic carbocycles. The van der Waals surface area contributed by atoms with Crippen LogP contribution in [0.2, 0.25) is 0 Å². The second kappa shape index (κ2) is 8.36. The minimum absolute atomic E-state index is 0. The first-order valence-electron chi connectivity index (χ1n) is 7.62. The number of carbonyl (C=O) groups excluding carboxylic acids is 1. The van der Waals surface area contributed by atoms with Gasteiger partial charge in [-0.05, 0) is 24.8 Å². The highest BCUT2D eigenvalue weighted by Gasteiger charge is 2.23. The third-order valence-electron chi connectivity index (χ3n) is 3.84. The summed E-state index contributed by atoms with van der Waals surface area (Å²) in [5, 5.41) is 6.10. The van der Waals surface area contributed by atoms with E-state index in [0.717, 1.165) is 30.4 Å². The molecule has 1 amide bonds. The van der Waals surface area contributed by atoms with Crippen molar-refractivity contribution in [2.75, 3.05) is 26.4 Å². The fraction of sp³-hybridized carbons (Fsp3) is 0.562. The van der Waals surface area contributed by atoms with Gasteiger partial charge in [0.05, 0.1) is 19.8 Å². The molecule has 1 heterocycles. The van der Waals surface area contributed by atoms with E-state index in [0.29, 0.717) is 19.8 Å². The molecule has 0 radical (unpaired) electrons. The third-order valence-corrected chi connectivity index (χ3v) is 3.84. The van der Waals surface area contributed by atoms with Gasteiger partial charge in [0.15, 0.2) is 0 Å². The van der Waals surface area contributed by atoms with Crippen LogP contribution in [0.3, 0.4) is 0 Å². The topological polar surface area (TPSA) is 59.6 Å². The Bertz CT molecular complexity index is 488. The third kappa shape index (κ3) is 4.87. The maximum atomic E-state index is 12.1. The Morgan fingerprint density at radius 1 is 1.36 bits per heavy atom. The van der Waals surface area contributed by atoms with Crippen molar-refractivity contribution in [3.8, 4) is 5.75 Å². The summed E-state index contributed by atoms with van der Waals surface area (Å²) < 4.78 is 11.2. The lowest BCUT2D eigenvalue weighted by Crippen LogP contribution is -2.51. The van der Waals surface area contributed by atoms with Gasteiger partial charge >= 0.3 is 0 Å². The summed E-state index contributed by atoms with van der Waals surface area (Å²) in [6, 6.07) is 7.63. The lowest BCUT2D eigenvalue weighted by Gasteiger charge is -2.23. The van der Waals surface area contributed by atoms with E-state index in [1.807, 2.05) is 24.3 Å². The largest absolute Gasteiger partial charge is 0.493 e. The van der Waals surface area contributed by atoms with Crippen LogP contribution in [0.15, 0.2) is 24.3 Å². The molecule has 2 aliphatic rings. The molecular weight excluding hydrogens is 304 g/mol. The SMILES string of the molecule is Cl.O=C(NCc1ccccc1OCC1CC1)C1COCCN1. The fourth-order valence-corrected chi connectivity index (χ4v) is 2.32. The summed E-state index contributed by atoms with van der Waals surface area (Å²) >= 11 is 0. The Hall–Kier alpha value is -1.30. The number of carbonyl (C=O) groups is 1. The number of rotatable bonds is 6. The Morgan fingerprint density at radius 2 is 2.18 bits per heavy atom. The van der Waals surface area contributed by atoms with Crippen LogP contribution in [-0.4, -0.2) is 38.3 Å². The lowest BCUT2D eigenvalue weighted by atomic mass is 10.2. The Labute approximate surface area is 137 Å². The molecule has 2 N–H and O–H groups in total. The Kier molecular flexibility index (Phi) is 6.49. The van der Waals surface area contributed by atoms with Gasteiger partial charge in [-0.15, -0.1) is 12.4 Å². The average Bonchev–Trinajstić information content (AvgIpc) is 3.36. The second-order valence-electron chi connectivity index (χ2n) is 5.66. The summed E-state index contributed by atoms with van der Waals surface area (Å²) in [7, 11) is 0. The first kappa shape index (κ1) is 17.1. The van der Waals surface area contributed by atoms with Crippen LogP contribution in [0.25, 0.3) is 0 Å². The summed E-state index contributed by atoms with van der Waals surface area (Å²) in [6.07, 6.45) is 2.54. The minimum Gasteiger partial charge on any atom is -0.493 e. The molecule has 1 atom stereocenters. The summed E-state index contributed by atoms with van der Waals surface area (Å²) in [6.45, 7) is 3.09. The van der Waals surface area contributed by atoms with E-state index in [4.69, 9.17) is 9.47 Å². The zero-order valence-corrected chi connectivity index (χ0v) is 13.4. The van der Waals surface area contributed by atoms with E-state index < -0.39 is 0 Å². The molecular formula is C16H23ClN2O3. The normalized spacial score (nSPS) is 20.8. The van der Waals surface area contributed by atoms with E-state index in [-0.39, 0.29) is 24.4 Å². The Morgan fingerprint density at radius 3 is 2.91 bits per heavy atom. The van der Waals surface area contributed by atoms with Crippen LogP contribution >= 0.6 is 12.4 Å². The summed E-state index contributed by atoms with van der Waals surface area (Å²) in [5.41, 5.74) is 1.02. The van der Waals surface area contributed by atoms with Gasteiger partial charge in [-0.1, -0.05) is 18.2 Å². The number of halogens is 1. The second-order valence-corrected chi connectivity index (χ2v) is 5.66. The summed E-state index contributed by atoms with van der Waals surface area (Å²) in [4.78, 5) is 12.1. The molecule has 1 unspecified atom stereocenters. The smallest absolute Gasteiger partial charge is 0.239 e. The van der Waals surface area contributed by atoms with Crippen LogP contribution in [0.4, 0.5) is 0 Å². The van der Waals surface area contributed by atoms with Gasteiger partial charge in [-0.25, -0.2) is 0 Å². The van der Waals surface area contributed by atoms with E-state index >= 15 is 0 Å². The maximum Gasteiger partial charge on any atom is 0.239 e. The molecule has 0 aromatic heterocycles. The van der Waals surface area contributed by atoms with Crippen molar-refractivity contribution in [3.63, 3.8) is 0 Å². The molecule has 22 heavy (non-hydrogen) atoms. The van der Waals surface area contributed by atoms with Crippen molar-refractivity contribution >= 4 is 18.3 Å². The number of hydrogen-bond donors (Lipinski definition) is 2. The highest BCUT2D eigenvalue weighted by molar-refractivity contribution is 5.85. The van der Waals surface area contributed by atoms with Gasteiger partial charge in [-0.2, -0.15) is 0 Å². The molecule has 1 aliphatic carbocycles. The van der Waals surface area contributed by atoms with Crippen LogP contribution in [-0.2, 0) is 16.1 Å². The van der Waals surface area contributed by atoms with Gasteiger partial charge in [0.1, 0.15) is 11.8 Å². The molecule has 1 aromatic rings. The van der Waals surface area contributed by atoms with Crippen LogP contribution in [0.1, 0.15) is 18.4 Å². The molecule has 5 nitrogen and oxygen atoms in total.